The monoisotopic (exact) mass is 403 g/mol. The Balaban J connectivity index is 1.61. The van der Waals surface area contributed by atoms with E-state index in [2.05, 4.69) is 16.0 Å². The van der Waals surface area contributed by atoms with E-state index in [4.69, 9.17) is 4.74 Å². The molecule has 0 heterocycles. The van der Waals surface area contributed by atoms with Crippen LogP contribution in [-0.4, -0.2) is 31.4 Å². The lowest BCUT2D eigenvalue weighted by molar-refractivity contribution is -0.119. The van der Waals surface area contributed by atoms with Crippen LogP contribution >= 0.6 is 0 Å². The van der Waals surface area contributed by atoms with Gasteiger partial charge in [0.2, 0.25) is 0 Å². The van der Waals surface area contributed by atoms with Crippen molar-refractivity contribution in [3.8, 4) is 0 Å². The summed E-state index contributed by atoms with van der Waals surface area (Å²) in [5.74, 6) is -1.39. The zero-order valence-corrected chi connectivity index (χ0v) is 16.3. The molecule has 0 unspecified atom stereocenters. The Morgan fingerprint density at radius 1 is 0.833 bits per heavy atom. The Labute approximate surface area is 174 Å². The van der Waals surface area contributed by atoms with Gasteiger partial charge in [0.1, 0.15) is 0 Å². The fourth-order valence-electron chi connectivity index (χ4n) is 2.74. The van der Waals surface area contributed by atoms with Crippen molar-refractivity contribution in [2.75, 3.05) is 24.3 Å². The van der Waals surface area contributed by atoms with Gasteiger partial charge in [-0.2, -0.15) is 0 Å². The van der Waals surface area contributed by atoms with E-state index in [-0.39, 0.29) is 5.91 Å². The van der Waals surface area contributed by atoms with E-state index in [1.807, 2.05) is 30.3 Å². The number of amides is 2. The third-order valence-electron chi connectivity index (χ3n) is 4.17. The Morgan fingerprint density at radius 2 is 1.53 bits per heavy atom. The Kier molecular flexibility index (Phi) is 6.78. The molecule has 7 heteroatoms. The molecule has 0 aromatic heterocycles. The van der Waals surface area contributed by atoms with Crippen LogP contribution in [0, 0.1) is 0 Å². The molecule has 0 aliphatic rings. The molecule has 2 amide bonds. The van der Waals surface area contributed by atoms with Crippen LogP contribution in [0.25, 0.3) is 0 Å². The lowest BCUT2D eigenvalue weighted by Crippen LogP contribution is -2.22. The molecular formula is C23H21N3O4. The third kappa shape index (κ3) is 5.45. The molecule has 30 heavy (non-hydrogen) atoms. The number of benzene rings is 3. The first kappa shape index (κ1) is 20.6. The molecule has 0 radical (unpaired) electrons. The SMILES string of the molecule is CNC(=O)c1cccc(NC(=O)COC(=O)c2ccccc2Nc2ccccc2)c1. The van der Waals surface area contributed by atoms with Gasteiger partial charge in [-0.05, 0) is 42.5 Å². The summed E-state index contributed by atoms with van der Waals surface area (Å²) in [7, 11) is 1.53. The lowest BCUT2D eigenvalue weighted by atomic mass is 10.1. The van der Waals surface area contributed by atoms with Crippen LogP contribution in [0.3, 0.4) is 0 Å². The summed E-state index contributed by atoms with van der Waals surface area (Å²) < 4.78 is 5.17. The van der Waals surface area contributed by atoms with Gasteiger partial charge in [-0.25, -0.2) is 4.79 Å². The molecule has 0 saturated carbocycles. The van der Waals surface area contributed by atoms with E-state index in [9.17, 15) is 14.4 Å². The van der Waals surface area contributed by atoms with Crippen LogP contribution in [0.1, 0.15) is 20.7 Å². The van der Waals surface area contributed by atoms with Gasteiger partial charge in [-0.3, -0.25) is 9.59 Å². The number of ether oxygens (including phenoxy) is 1. The molecule has 3 N–H and O–H groups in total. The molecule has 0 aliphatic heterocycles. The summed E-state index contributed by atoms with van der Waals surface area (Å²) in [6, 6.07) is 22.8. The van der Waals surface area contributed by atoms with Crippen LogP contribution in [0.5, 0.6) is 0 Å². The molecular weight excluding hydrogens is 382 g/mol. The van der Waals surface area contributed by atoms with E-state index in [0.29, 0.717) is 22.5 Å². The standard InChI is InChI=1S/C23H21N3O4/c1-24-22(28)16-8-7-11-18(14-16)26-21(27)15-30-23(29)19-12-5-6-13-20(19)25-17-9-3-2-4-10-17/h2-14,25H,15H2,1H3,(H,24,28)(H,26,27). The average molecular weight is 403 g/mol. The molecule has 0 saturated heterocycles. The van der Waals surface area contributed by atoms with Crippen molar-refractivity contribution in [2.24, 2.45) is 0 Å². The molecule has 0 aliphatic carbocycles. The first-order chi connectivity index (χ1) is 14.6. The van der Waals surface area contributed by atoms with Crippen LogP contribution in [0.15, 0.2) is 78.9 Å². The van der Waals surface area contributed by atoms with Crippen molar-refractivity contribution in [1.29, 1.82) is 0 Å². The van der Waals surface area contributed by atoms with Crippen LogP contribution in [0.2, 0.25) is 0 Å². The zero-order chi connectivity index (χ0) is 21.3. The predicted octanol–water partition coefficient (Wildman–Crippen LogP) is 3.59. The van der Waals surface area contributed by atoms with Gasteiger partial charge in [0.05, 0.1) is 11.3 Å². The summed E-state index contributed by atoms with van der Waals surface area (Å²) in [5.41, 5.74) is 2.56. The summed E-state index contributed by atoms with van der Waals surface area (Å²) in [5, 5.41) is 8.29. The Hall–Kier alpha value is -4.13. The highest BCUT2D eigenvalue weighted by atomic mass is 16.5. The van der Waals surface area contributed by atoms with Crippen molar-refractivity contribution in [3.05, 3.63) is 90.0 Å². The largest absolute Gasteiger partial charge is 0.452 e. The van der Waals surface area contributed by atoms with E-state index in [0.717, 1.165) is 5.69 Å². The Bertz CT molecular complexity index is 1050. The maximum absolute atomic E-state index is 12.5. The molecule has 152 valence electrons. The van der Waals surface area contributed by atoms with Gasteiger partial charge in [-0.15, -0.1) is 0 Å². The molecule has 7 nitrogen and oxygen atoms in total. The highest BCUT2D eigenvalue weighted by Crippen LogP contribution is 2.21. The first-order valence-electron chi connectivity index (χ1n) is 9.27. The second-order valence-corrected chi connectivity index (χ2v) is 6.32. The molecule has 0 fully saturated rings. The van der Waals surface area contributed by atoms with Crippen molar-refractivity contribution in [3.63, 3.8) is 0 Å². The normalized spacial score (nSPS) is 10.0. The number of esters is 1. The maximum Gasteiger partial charge on any atom is 0.340 e. The van der Waals surface area contributed by atoms with Gasteiger partial charge >= 0.3 is 5.97 Å². The zero-order valence-electron chi connectivity index (χ0n) is 16.3. The lowest BCUT2D eigenvalue weighted by Gasteiger charge is -2.12. The molecule has 3 aromatic carbocycles. The highest BCUT2D eigenvalue weighted by Gasteiger charge is 2.15. The number of carbonyl (C=O) groups is 3. The number of rotatable bonds is 7. The number of nitrogens with one attached hydrogen (secondary N) is 3. The first-order valence-corrected chi connectivity index (χ1v) is 9.27. The van der Waals surface area contributed by atoms with Crippen LogP contribution < -0.4 is 16.0 Å². The predicted molar refractivity (Wildman–Crippen MR) is 115 cm³/mol. The van der Waals surface area contributed by atoms with Crippen LogP contribution in [0.4, 0.5) is 17.1 Å². The second-order valence-electron chi connectivity index (χ2n) is 6.32. The van der Waals surface area contributed by atoms with Crippen molar-refractivity contribution in [1.82, 2.24) is 5.32 Å². The van der Waals surface area contributed by atoms with Gasteiger partial charge in [0.25, 0.3) is 11.8 Å². The number of carbonyl (C=O) groups excluding carboxylic acids is 3. The molecule has 0 bridgehead atoms. The molecule has 0 atom stereocenters. The third-order valence-corrected chi connectivity index (χ3v) is 4.17. The summed E-state index contributed by atoms with van der Waals surface area (Å²) in [6.45, 7) is -0.456. The number of hydrogen-bond acceptors (Lipinski definition) is 5. The van der Waals surface area contributed by atoms with Crippen molar-refractivity contribution >= 4 is 34.8 Å². The van der Waals surface area contributed by atoms with Crippen LogP contribution in [-0.2, 0) is 9.53 Å². The maximum atomic E-state index is 12.5. The molecule has 3 rings (SSSR count). The average Bonchev–Trinajstić information content (AvgIpc) is 2.78. The van der Waals surface area contributed by atoms with E-state index < -0.39 is 18.5 Å². The van der Waals surface area contributed by atoms with E-state index >= 15 is 0 Å². The minimum Gasteiger partial charge on any atom is -0.452 e. The number of para-hydroxylation sites is 2. The molecule has 3 aromatic rings. The smallest absolute Gasteiger partial charge is 0.340 e. The Morgan fingerprint density at radius 3 is 2.30 bits per heavy atom. The topological polar surface area (TPSA) is 96.5 Å². The van der Waals surface area contributed by atoms with Gasteiger partial charge in [0.15, 0.2) is 6.61 Å². The van der Waals surface area contributed by atoms with Gasteiger partial charge < -0.3 is 20.7 Å². The quantitative estimate of drug-likeness (QED) is 0.524. The fraction of sp³-hybridized carbons (Fsp3) is 0.0870. The van der Waals surface area contributed by atoms with E-state index in [1.165, 1.54) is 13.1 Å². The summed E-state index contributed by atoms with van der Waals surface area (Å²) in [4.78, 5) is 36.4. The second kappa shape index (κ2) is 9.88. The number of anilines is 3. The van der Waals surface area contributed by atoms with Gasteiger partial charge in [-0.1, -0.05) is 36.4 Å². The fourth-order valence-corrected chi connectivity index (χ4v) is 2.74. The summed E-state index contributed by atoms with van der Waals surface area (Å²) >= 11 is 0. The summed E-state index contributed by atoms with van der Waals surface area (Å²) in [6.07, 6.45) is 0. The van der Waals surface area contributed by atoms with Gasteiger partial charge in [0, 0.05) is 24.0 Å². The minimum absolute atomic E-state index is 0.264. The van der Waals surface area contributed by atoms with E-state index in [1.54, 1.807) is 42.5 Å². The van der Waals surface area contributed by atoms with Crippen molar-refractivity contribution < 1.29 is 19.1 Å². The molecule has 0 spiro atoms. The van der Waals surface area contributed by atoms with Crippen molar-refractivity contribution in [2.45, 2.75) is 0 Å². The highest BCUT2D eigenvalue weighted by molar-refractivity contribution is 6.00. The minimum atomic E-state index is -0.622. The number of hydrogen-bond donors (Lipinski definition) is 3.